The Hall–Kier alpha value is -2.85. The zero-order valence-corrected chi connectivity index (χ0v) is 21.4. The summed E-state index contributed by atoms with van der Waals surface area (Å²) in [5.41, 5.74) is 2.04. The third-order valence-electron chi connectivity index (χ3n) is 6.50. The summed E-state index contributed by atoms with van der Waals surface area (Å²) < 4.78 is 11.3. The second-order valence-electron chi connectivity index (χ2n) is 10.00. The maximum absolute atomic E-state index is 14.0. The van der Waals surface area contributed by atoms with Crippen molar-refractivity contribution in [2.45, 2.75) is 63.0 Å². The Morgan fingerprint density at radius 2 is 2.03 bits per heavy atom. The average molecular weight is 498 g/mol. The number of benzene rings is 1. The molecule has 3 aliphatic heterocycles. The van der Waals surface area contributed by atoms with E-state index in [-0.39, 0.29) is 24.2 Å². The van der Waals surface area contributed by atoms with Crippen LogP contribution < -0.4 is 9.80 Å². The first-order chi connectivity index (χ1) is 16.8. The number of para-hydroxylation sites is 1. The maximum Gasteiger partial charge on any atom is 0.414 e. The molecule has 2 aromatic rings. The van der Waals surface area contributed by atoms with Gasteiger partial charge in [0.2, 0.25) is 0 Å². The number of carbonyl (C=O) groups excluding carboxylic acids is 2. The number of urea groups is 1. The molecule has 0 saturated carbocycles. The van der Waals surface area contributed by atoms with Crippen LogP contribution in [0.3, 0.4) is 0 Å². The molecule has 2 unspecified atom stereocenters. The Morgan fingerprint density at radius 1 is 1.23 bits per heavy atom. The van der Waals surface area contributed by atoms with Gasteiger partial charge in [-0.3, -0.25) is 9.80 Å². The summed E-state index contributed by atoms with van der Waals surface area (Å²) in [7, 11) is 0. The van der Waals surface area contributed by atoms with Gasteiger partial charge in [0.15, 0.2) is 5.16 Å². The van der Waals surface area contributed by atoms with Crippen LogP contribution in [0.15, 0.2) is 35.6 Å². The van der Waals surface area contributed by atoms with E-state index in [1.165, 1.54) is 11.8 Å². The quantitative estimate of drug-likeness (QED) is 0.452. The number of thioether (sulfide) groups is 1. The largest absolute Gasteiger partial charge is 0.443 e. The molecule has 9 nitrogen and oxygen atoms in total. The van der Waals surface area contributed by atoms with Crippen LogP contribution >= 0.6 is 11.8 Å². The van der Waals surface area contributed by atoms with Crippen molar-refractivity contribution in [1.82, 2.24) is 14.9 Å². The second-order valence-corrected chi connectivity index (χ2v) is 10.8. The van der Waals surface area contributed by atoms with Crippen LogP contribution in [-0.2, 0) is 16.0 Å². The molecule has 10 heteroatoms. The fourth-order valence-electron chi connectivity index (χ4n) is 4.95. The third-order valence-corrected chi connectivity index (χ3v) is 7.06. The highest BCUT2D eigenvalue weighted by atomic mass is 32.2. The summed E-state index contributed by atoms with van der Waals surface area (Å²) in [6.45, 7) is 7.57. The molecule has 1 saturated heterocycles. The molecule has 3 amide bonds. The topological polar surface area (TPSA) is 88.1 Å². The van der Waals surface area contributed by atoms with Gasteiger partial charge in [-0.1, -0.05) is 30.0 Å². The normalized spacial score (nSPS) is 22.2. The van der Waals surface area contributed by atoms with Crippen LogP contribution in [0.4, 0.5) is 21.1 Å². The van der Waals surface area contributed by atoms with Crippen molar-refractivity contribution in [1.29, 1.82) is 0 Å². The molecule has 1 aromatic heterocycles. The molecule has 2 atom stereocenters. The molecule has 186 valence electrons. The van der Waals surface area contributed by atoms with E-state index in [9.17, 15) is 9.59 Å². The minimum absolute atomic E-state index is 0.0641. The smallest absolute Gasteiger partial charge is 0.414 e. The SMILES string of the molecule is CSc1ncc2c(n1)N(C1CCOC1)C(=O)N(C1CCN(C(=O)OC(C)(C)C)c3ccccc31)C2. The Morgan fingerprint density at radius 3 is 2.74 bits per heavy atom. The number of fused-ring (bicyclic) bond motifs is 2. The van der Waals surface area contributed by atoms with Gasteiger partial charge in [-0.25, -0.2) is 19.6 Å². The van der Waals surface area contributed by atoms with E-state index in [4.69, 9.17) is 14.5 Å². The molecule has 0 radical (unpaired) electrons. The van der Waals surface area contributed by atoms with Gasteiger partial charge in [0.25, 0.3) is 0 Å². The molecule has 1 aromatic carbocycles. The number of aromatic nitrogens is 2. The molecule has 35 heavy (non-hydrogen) atoms. The Balaban J connectivity index is 1.50. The zero-order valence-electron chi connectivity index (χ0n) is 20.6. The molecule has 5 rings (SSSR count). The molecule has 0 spiro atoms. The summed E-state index contributed by atoms with van der Waals surface area (Å²) in [4.78, 5) is 41.5. The van der Waals surface area contributed by atoms with E-state index < -0.39 is 5.60 Å². The van der Waals surface area contributed by atoms with Gasteiger partial charge in [-0.2, -0.15) is 0 Å². The van der Waals surface area contributed by atoms with Crippen molar-refractivity contribution in [3.63, 3.8) is 0 Å². The number of hydrogen-bond acceptors (Lipinski definition) is 7. The first kappa shape index (κ1) is 23.9. The fourth-order valence-corrected chi connectivity index (χ4v) is 5.29. The van der Waals surface area contributed by atoms with Crippen molar-refractivity contribution in [2.24, 2.45) is 0 Å². The van der Waals surface area contributed by atoms with Gasteiger partial charge in [0.1, 0.15) is 11.4 Å². The number of carbonyl (C=O) groups is 2. The first-order valence-electron chi connectivity index (χ1n) is 11.9. The lowest BCUT2D eigenvalue weighted by Crippen LogP contribution is -2.54. The molecule has 4 heterocycles. The summed E-state index contributed by atoms with van der Waals surface area (Å²) in [5.74, 6) is 0.681. The van der Waals surface area contributed by atoms with Gasteiger partial charge in [0, 0.05) is 24.9 Å². The molecule has 0 aliphatic carbocycles. The lowest BCUT2D eigenvalue weighted by Gasteiger charge is -2.45. The van der Waals surface area contributed by atoms with E-state index >= 15 is 0 Å². The summed E-state index contributed by atoms with van der Waals surface area (Å²) in [6, 6.07) is 7.44. The summed E-state index contributed by atoms with van der Waals surface area (Å²) >= 11 is 1.46. The Bertz CT molecular complexity index is 1130. The van der Waals surface area contributed by atoms with Crippen LogP contribution in [0.1, 0.15) is 50.8 Å². The molecule has 3 aliphatic rings. The van der Waals surface area contributed by atoms with E-state index in [1.807, 2.05) is 62.4 Å². The van der Waals surface area contributed by atoms with Crippen LogP contribution in [0.25, 0.3) is 0 Å². The number of anilines is 2. The lowest BCUT2D eigenvalue weighted by atomic mass is 9.94. The number of ether oxygens (including phenoxy) is 2. The van der Waals surface area contributed by atoms with E-state index in [0.29, 0.717) is 43.7 Å². The molecular weight excluding hydrogens is 466 g/mol. The molecule has 0 bridgehead atoms. The highest BCUT2D eigenvalue weighted by Crippen LogP contribution is 2.42. The summed E-state index contributed by atoms with van der Waals surface area (Å²) in [6.07, 6.45) is 4.76. The summed E-state index contributed by atoms with van der Waals surface area (Å²) in [5, 5.41) is 0.643. The molecular formula is C25H31N5O4S. The minimum Gasteiger partial charge on any atom is -0.443 e. The van der Waals surface area contributed by atoms with Crippen molar-refractivity contribution in [3.8, 4) is 0 Å². The number of amides is 3. The van der Waals surface area contributed by atoms with Gasteiger partial charge in [-0.05, 0) is 51.5 Å². The highest BCUT2D eigenvalue weighted by molar-refractivity contribution is 7.98. The monoisotopic (exact) mass is 497 g/mol. The number of rotatable bonds is 3. The number of nitrogens with zero attached hydrogens (tertiary/aromatic N) is 5. The van der Waals surface area contributed by atoms with Crippen LogP contribution in [0, 0.1) is 0 Å². The zero-order chi connectivity index (χ0) is 24.7. The highest BCUT2D eigenvalue weighted by Gasteiger charge is 2.43. The van der Waals surface area contributed by atoms with E-state index in [0.717, 1.165) is 23.2 Å². The van der Waals surface area contributed by atoms with Crippen molar-refractivity contribution in [2.75, 3.05) is 35.8 Å². The lowest BCUT2D eigenvalue weighted by molar-refractivity contribution is 0.0572. The van der Waals surface area contributed by atoms with E-state index in [1.54, 1.807) is 9.80 Å². The van der Waals surface area contributed by atoms with Crippen molar-refractivity contribution in [3.05, 3.63) is 41.6 Å². The van der Waals surface area contributed by atoms with Gasteiger partial charge < -0.3 is 14.4 Å². The van der Waals surface area contributed by atoms with Gasteiger partial charge >= 0.3 is 12.1 Å². The van der Waals surface area contributed by atoms with Gasteiger partial charge in [-0.15, -0.1) is 0 Å². The van der Waals surface area contributed by atoms with Crippen LogP contribution in [-0.4, -0.2) is 64.6 Å². The van der Waals surface area contributed by atoms with Crippen molar-refractivity contribution < 1.29 is 19.1 Å². The fraction of sp³-hybridized carbons (Fsp3) is 0.520. The first-order valence-corrected chi connectivity index (χ1v) is 13.2. The van der Waals surface area contributed by atoms with Crippen LogP contribution in [0.5, 0.6) is 0 Å². The Labute approximate surface area is 209 Å². The van der Waals surface area contributed by atoms with Crippen molar-refractivity contribution >= 4 is 35.4 Å². The maximum atomic E-state index is 14.0. The van der Waals surface area contributed by atoms with Crippen LogP contribution in [0.2, 0.25) is 0 Å². The predicted octanol–water partition coefficient (Wildman–Crippen LogP) is 4.62. The predicted molar refractivity (Wildman–Crippen MR) is 134 cm³/mol. The van der Waals surface area contributed by atoms with Gasteiger partial charge in [0.05, 0.1) is 30.9 Å². The Kier molecular flexibility index (Phi) is 6.35. The van der Waals surface area contributed by atoms with E-state index in [2.05, 4.69) is 4.98 Å². The minimum atomic E-state index is -0.588. The second kappa shape index (κ2) is 9.31. The molecule has 1 fully saturated rings. The standard InChI is InChI=1S/C25H31N5O4S/c1-25(2,3)34-24(32)28-11-9-20(18-7-5-6-8-19(18)28)29-14-16-13-26-22(35-4)27-21(16)30(23(29)31)17-10-12-33-15-17/h5-8,13,17,20H,9-12,14-15H2,1-4H3. The molecule has 0 N–H and O–H groups in total. The third kappa shape index (κ3) is 4.56. The number of hydrogen-bond donors (Lipinski definition) is 0. The average Bonchev–Trinajstić information content (AvgIpc) is 3.36.